The first-order valence-corrected chi connectivity index (χ1v) is 12.9. The number of aliphatic carboxylic acids is 1. The zero-order chi connectivity index (χ0) is 26.4. The van der Waals surface area contributed by atoms with Crippen molar-refractivity contribution in [3.63, 3.8) is 0 Å². The zero-order valence-electron chi connectivity index (χ0n) is 19.5. The second kappa shape index (κ2) is 12.0. The van der Waals surface area contributed by atoms with Gasteiger partial charge in [0.25, 0.3) is 11.8 Å². The summed E-state index contributed by atoms with van der Waals surface area (Å²) in [6, 6.07) is 11.0. The van der Waals surface area contributed by atoms with Crippen LogP contribution in [0.1, 0.15) is 31.2 Å². The molecule has 2 amide bonds. The van der Waals surface area contributed by atoms with Gasteiger partial charge in [-0.1, -0.05) is 23.5 Å². The topological polar surface area (TPSA) is 144 Å². The molecule has 0 radical (unpaired) electrons. The summed E-state index contributed by atoms with van der Waals surface area (Å²) in [5, 5.41) is 28.4. The second-order valence-corrected chi connectivity index (χ2v) is 10.0. The summed E-state index contributed by atoms with van der Waals surface area (Å²) in [5.74, 6) is -2.19. The molecular formula is C25H24BrN5O5S. The number of carboxylic acids is 1. The summed E-state index contributed by atoms with van der Waals surface area (Å²) in [5.41, 5.74) is 0.919. The number of carbonyl (C=O) groups is 3. The first-order valence-electron chi connectivity index (χ1n) is 11.3. The highest BCUT2D eigenvalue weighted by molar-refractivity contribution is 9.10. The lowest BCUT2D eigenvalue weighted by Crippen LogP contribution is -2.43. The number of carboxylic acid groups (broad SMARTS) is 1. The molecule has 10 nitrogen and oxygen atoms in total. The third-order valence-corrected chi connectivity index (χ3v) is 7.16. The van der Waals surface area contributed by atoms with E-state index in [0.717, 1.165) is 36.9 Å². The van der Waals surface area contributed by atoms with E-state index in [4.69, 9.17) is 0 Å². The molecule has 0 spiro atoms. The highest BCUT2D eigenvalue weighted by Gasteiger charge is 2.19. The molecule has 0 bridgehead atoms. The average molecular weight is 586 g/mol. The molecule has 12 heteroatoms. The minimum Gasteiger partial charge on any atom is -0.508 e. The van der Waals surface area contributed by atoms with Gasteiger partial charge in [-0.05, 0) is 57.9 Å². The van der Waals surface area contributed by atoms with E-state index in [9.17, 15) is 24.6 Å². The predicted octanol–water partition coefficient (Wildman–Crippen LogP) is 2.81. The van der Waals surface area contributed by atoms with Crippen LogP contribution in [0.25, 0.3) is 6.08 Å². The summed E-state index contributed by atoms with van der Waals surface area (Å²) in [6.07, 6.45) is 2.96. The van der Waals surface area contributed by atoms with Gasteiger partial charge in [0.2, 0.25) is 0 Å². The van der Waals surface area contributed by atoms with Crippen LogP contribution < -0.4 is 20.9 Å². The molecule has 0 atom stereocenters. The number of amides is 2. The molecule has 1 aliphatic heterocycles. The monoisotopic (exact) mass is 585 g/mol. The number of piperazine rings is 1. The largest absolute Gasteiger partial charge is 0.508 e. The van der Waals surface area contributed by atoms with Crippen molar-refractivity contribution in [1.82, 2.24) is 20.9 Å². The van der Waals surface area contributed by atoms with Gasteiger partial charge >= 0.3 is 5.97 Å². The number of carbonyl (C=O) groups excluding carboxylic acids is 2. The van der Waals surface area contributed by atoms with E-state index < -0.39 is 11.9 Å². The average Bonchev–Trinajstić information content (AvgIpc) is 3.36. The normalized spacial score (nSPS) is 13.8. The van der Waals surface area contributed by atoms with E-state index in [1.807, 2.05) is 0 Å². The summed E-state index contributed by atoms with van der Waals surface area (Å²) < 4.78 is 0.332. The predicted molar refractivity (Wildman–Crippen MR) is 144 cm³/mol. The molecule has 0 unspecified atom stereocenters. The van der Waals surface area contributed by atoms with E-state index in [0.29, 0.717) is 14.9 Å². The number of phenolic OH excluding ortho intramolecular Hbond substituents is 1. The number of aromatic nitrogens is 1. The Morgan fingerprint density at radius 1 is 1.14 bits per heavy atom. The fraction of sp³-hybridized carbons (Fsp3) is 0.200. The van der Waals surface area contributed by atoms with Crippen molar-refractivity contribution in [2.24, 2.45) is 0 Å². The number of anilines is 1. The number of nitrogens with zero attached hydrogens (tertiary/aromatic N) is 2. The number of halogens is 1. The van der Waals surface area contributed by atoms with Crippen molar-refractivity contribution in [3.8, 4) is 5.75 Å². The lowest BCUT2D eigenvalue weighted by atomic mass is 10.1. The Hall–Kier alpha value is -3.74. The van der Waals surface area contributed by atoms with Gasteiger partial charge in [0.15, 0.2) is 5.13 Å². The van der Waals surface area contributed by atoms with E-state index in [-0.39, 0.29) is 29.5 Å². The maximum Gasteiger partial charge on any atom is 0.352 e. The van der Waals surface area contributed by atoms with Crippen molar-refractivity contribution in [2.45, 2.75) is 6.54 Å². The Morgan fingerprint density at radius 2 is 1.92 bits per heavy atom. The molecule has 3 aromatic rings. The second-order valence-electron chi connectivity index (χ2n) is 8.15. The fourth-order valence-electron chi connectivity index (χ4n) is 3.62. The number of phenols is 1. The number of benzene rings is 2. The highest BCUT2D eigenvalue weighted by atomic mass is 79.9. The molecule has 1 fully saturated rings. The van der Waals surface area contributed by atoms with E-state index >= 15 is 0 Å². The summed E-state index contributed by atoms with van der Waals surface area (Å²) in [4.78, 5) is 44.3. The van der Waals surface area contributed by atoms with Gasteiger partial charge in [0.05, 0.1) is 10.4 Å². The third kappa shape index (κ3) is 6.94. The van der Waals surface area contributed by atoms with Gasteiger partial charge in [-0.2, -0.15) is 0 Å². The smallest absolute Gasteiger partial charge is 0.352 e. The van der Waals surface area contributed by atoms with Crippen LogP contribution in [-0.2, 0) is 11.3 Å². The Morgan fingerprint density at radius 3 is 2.62 bits per heavy atom. The molecule has 0 aliphatic carbocycles. The number of hydrogen-bond acceptors (Lipinski definition) is 8. The molecule has 1 aliphatic rings. The van der Waals surface area contributed by atoms with E-state index in [1.165, 1.54) is 35.6 Å². The van der Waals surface area contributed by atoms with Crippen molar-refractivity contribution >= 4 is 56.3 Å². The van der Waals surface area contributed by atoms with E-state index in [2.05, 4.69) is 41.8 Å². The van der Waals surface area contributed by atoms with Gasteiger partial charge < -0.3 is 31.1 Å². The number of nitrogens with one attached hydrogen (secondary N) is 3. The molecular weight excluding hydrogens is 562 g/mol. The molecule has 5 N–H and O–H groups in total. The van der Waals surface area contributed by atoms with Crippen LogP contribution in [0.4, 0.5) is 5.13 Å². The van der Waals surface area contributed by atoms with Crippen molar-refractivity contribution in [1.29, 1.82) is 0 Å². The summed E-state index contributed by atoms with van der Waals surface area (Å²) >= 11 is 4.65. The Bertz CT molecular complexity index is 1350. The third-order valence-electron chi connectivity index (χ3n) is 5.50. The molecule has 37 heavy (non-hydrogen) atoms. The summed E-state index contributed by atoms with van der Waals surface area (Å²) in [6.45, 7) is 3.56. The van der Waals surface area contributed by atoms with Gasteiger partial charge in [0.1, 0.15) is 11.4 Å². The molecule has 1 aromatic heterocycles. The summed E-state index contributed by atoms with van der Waals surface area (Å²) in [7, 11) is 0. The molecule has 0 saturated carbocycles. The van der Waals surface area contributed by atoms with Crippen LogP contribution in [0.2, 0.25) is 0 Å². The Balaban J connectivity index is 1.42. The standard InChI is InChI=1S/C25H24BrN5O5S/c26-20-11-16(22(33)28-13-15-2-1-3-17(32)10-15)4-5-19(20)23(34)30-21(24(35)36)12-18-14-29-25(37-18)31-8-6-27-7-9-31/h1-5,10-12,14,27,32H,6-9,13H2,(H,28,33)(H,30,34)(H,35,36). The lowest BCUT2D eigenvalue weighted by Gasteiger charge is -2.26. The SMILES string of the molecule is O=C(O)C(=Cc1cnc(N2CCNCC2)s1)NC(=O)c1ccc(C(=O)NCc2cccc(O)c2)cc1Br. The number of rotatable bonds is 8. The first kappa shape index (κ1) is 26.3. The molecule has 1 saturated heterocycles. The zero-order valence-corrected chi connectivity index (χ0v) is 21.9. The molecule has 4 rings (SSSR count). The van der Waals surface area contributed by atoms with Crippen LogP contribution in [0.5, 0.6) is 5.75 Å². The lowest BCUT2D eigenvalue weighted by molar-refractivity contribution is -0.132. The minimum absolute atomic E-state index is 0.106. The van der Waals surface area contributed by atoms with Gasteiger partial charge in [-0.15, -0.1) is 0 Å². The van der Waals surface area contributed by atoms with Crippen LogP contribution in [0, 0.1) is 0 Å². The fourth-order valence-corrected chi connectivity index (χ4v) is 5.09. The van der Waals surface area contributed by atoms with Crippen LogP contribution in [0.3, 0.4) is 0 Å². The van der Waals surface area contributed by atoms with Crippen molar-refractivity contribution in [2.75, 3.05) is 31.1 Å². The van der Waals surface area contributed by atoms with Gasteiger partial charge in [-0.3, -0.25) is 9.59 Å². The first-order chi connectivity index (χ1) is 17.8. The molecule has 2 aromatic carbocycles. The van der Waals surface area contributed by atoms with Crippen LogP contribution in [0.15, 0.2) is 58.8 Å². The minimum atomic E-state index is -1.29. The van der Waals surface area contributed by atoms with Gasteiger partial charge in [0, 0.05) is 49.0 Å². The van der Waals surface area contributed by atoms with Crippen molar-refractivity contribution < 1.29 is 24.6 Å². The number of hydrogen-bond donors (Lipinski definition) is 5. The maximum absolute atomic E-state index is 12.9. The quantitative estimate of drug-likeness (QED) is 0.254. The Kier molecular flexibility index (Phi) is 8.54. The van der Waals surface area contributed by atoms with E-state index in [1.54, 1.807) is 30.5 Å². The number of thiazole rings is 1. The molecule has 2 heterocycles. The van der Waals surface area contributed by atoms with Crippen molar-refractivity contribution in [3.05, 3.63) is 80.4 Å². The Labute approximate surface area is 225 Å². The number of aromatic hydroxyl groups is 1. The molecule has 192 valence electrons. The van der Waals surface area contributed by atoms with Gasteiger partial charge in [-0.25, -0.2) is 9.78 Å². The maximum atomic E-state index is 12.9. The van der Waals surface area contributed by atoms with Crippen LogP contribution >= 0.6 is 27.3 Å². The van der Waals surface area contributed by atoms with Crippen LogP contribution in [-0.4, -0.2) is 59.2 Å². The highest BCUT2D eigenvalue weighted by Crippen LogP contribution is 2.25.